The predicted molar refractivity (Wildman–Crippen MR) is 146 cm³/mol. The van der Waals surface area contributed by atoms with Crippen LogP contribution in [0.3, 0.4) is 0 Å². The van der Waals surface area contributed by atoms with Gasteiger partial charge in [0.25, 0.3) is 0 Å². The summed E-state index contributed by atoms with van der Waals surface area (Å²) in [6, 6.07) is 33.6. The molecule has 0 fully saturated rings. The molecule has 1 aliphatic carbocycles. The lowest BCUT2D eigenvalue weighted by atomic mass is 10.0. The van der Waals surface area contributed by atoms with E-state index >= 15 is 0 Å². The van der Waals surface area contributed by atoms with Gasteiger partial charge in [-0.15, -0.1) is 0 Å². The van der Waals surface area contributed by atoms with Crippen LogP contribution in [-0.4, -0.2) is 25.7 Å². The topological polar surface area (TPSA) is 56.9 Å². The third-order valence-electron chi connectivity index (χ3n) is 7.09. The summed E-state index contributed by atoms with van der Waals surface area (Å²) in [5.74, 6) is 0.0188. The number of carbonyl (C=O) groups is 2. The molecule has 0 unspecified atom stereocenters. The van der Waals surface area contributed by atoms with Crippen molar-refractivity contribution in [1.29, 1.82) is 0 Å². The highest BCUT2D eigenvalue weighted by atomic mass is 16.2. The Hall–Kier alpha value is -5.03. The van der Waals surface area contributed by atoms with Crippen LogP contribution in [0, 0.1) is 0 Å². The van der Waals surface area contributed by atoms with Crippen molar-refractivity contribution >= 4 is 39.6 Å². The van der Waals surface area contributed by atoms with Crippen molar-refractivity contribution in [2.24, 2.45) is 7.05 Å². The van der Waals surface area contributed by atoms with Crippen molar-refractivity contribution in [2.45, 2.75) is 0 Å². The van der Waals surface area contributed by atoms with Crippen LogP contribution in [-0.2, 0) is 7.05 Å². The van der Waals surface area contributed by atoms with E-state index in [9.17, 15) is 9.59 Å². The molecule has 2 heterocycles. The average Bonchev–Trinajstić information content (AvgIpc) is 3.53. The summed E-state index contributed by atoms with van der Waals surface area (Å²) in [6.07, 6.45) is 1.64. The second-order valence-corrected chi connectivity index (χ2v) is 9.27. The first kappa shape index (κ1) is 21.3. The molecule has 0 saturated carbocycles. The standard InChI is InChI=1S/C32H21N3O2/c1-34-27(20-10-4-2-5-11-20)19-28-32(34)33-29(35(28)23-14-6-3-7-15-23)18-26-30(36)24-16-21-12-8-9-13-22(21)17-25(24)31(26)37/h2-19H,1H3. The smallest absolute Gasteiger partial charge is 0.197 e. The fourth-order valence-corrected chi connectivity index (χ4v) is 5.26. The molecule has 2 aromatic heterocycles. The minimum Gasteiger partial charge on any atom is -0.327 e. The number of aromatic nitrogens is 3. The molecule has 6 aromatic rings. The summed E-state index contributed by atoms with van der Waals surface area (Å²) in [5.41, 5.74) is 5.74. The number of aryl methyl sites for hydroxylation is 1. The van der Waals surface area contributed by atoms with Crippen molar-refractivity contribution in [1.82, 2.24) is 14.1 Å². The van der Waals surface area contributed by atoms with E-state index in [-0.39, 0.29) is 17.1 Å². The zero-order valence-corrected chi connectivity index (χ0v) is 20.1. The summed E-state index contributed by atoms with van der Waals surface area (Å²) in [5, 5.41) is 1.88. The van der Waals surface area contributed by atoms with Crippen molar-refractivity contribution in [3.63, 3.8) is 0 Å². The molecule has 4 aromatic carbocycles. The number of fused-ring (bicyclic) bond motifs is 3. The Labute approximate surface area is 212 Å². The number of benzene rings is 4. The van der Waals surface area contributed by atoms with E-state index < -0.39 is 0 Å². The first-order valence-electron chi connectivity index (χ1n) is 12.1. The van der Waals surface area contributed by atoms with E-state index in [1.807, 2.05) is 101 Å². The fourth-order valence-electron chi connectivity index (χ4n) is 5.26. The number of ketones is 2. The van der Waals surface area contributed by atoms with Gasteiger partial charge in [-0.05, 0) is 52.7 Å². The molecule has 176 valence electrons. The van der Waals surface area contributed by atoms with Gasteiger partial charge >= 0.3 is 0 Å². The van der Waals surface area contributed by atoms with Gasteiger partial charge in [0, 0.05) is 23.9 Å². The van der Waals surface area contributed by atoms with Gasteiger partial charge in [0.1, 0.15) is 5.82 Å². The van der Waals surface area contributed by atoms with Gasteiger partial charge in [-0.25, -0.2) is 4.98 Å². The maximum absolute atomic E-state index is 13.4. The number of hydrogen-bond acceptors (Lipinski definition) is 3. The fraction of sp³-hybridized carbons (Fsp3) is 0.0312. The number of imidazole rings is 1. The van der Waals surface area contributed by atoms with E-state index in [1.165, 1.54) is 0 Å². The maximum Gasteiger partial charge on any atom is 0.197 e. The van der Waals surface area contributed by atoms with E-state index in [4.69, 9.17) is 4.98 Å². The third-order valence-corrected chi connectivity index (χ3v) is 7.09. The molecular weight excluding hydrogens is 458 g/mol. The molecule has 5 nitrogen and oxygen atoms in total. The number of nitrogens with zero attached hydrogens (tertiary/aromatic N) is 3. The van der Waals surface area contributed by atoms with Gasteiger partial charge in [0.2, 0.25) is 0 Å². The SMILES string of the molecule is Cn1c(-c2ccccc2)cc2c1nc(C=C1C(=O)c3cc4ccccc4cc3C1=O)n2-c1ccccc1. The molecular formula is C32H21N3O2. The van der Waals surface area contributed by atoms with Crippen LogP contribution in [0.2, 0.25) is 0 Å². The Morgan fingerprint density at radius 3 is 1.89 bits per heavy atom. The molecule has 7 rings (SSSR count). The summed E-state index contributed by atoms with van der Waals surface area (Å²) in [6.45, 7) is 0. The van der Waals surface area contributed by atoms with Gasteiger partial charge < -0.3 is 4.57 Å². The van der Waals surface area contributed by atoms with Gasteiger partial charge in [0.15, 0.2) is 17.2 Å². The van der Waals surface area contributed by atoms with Crippen molar-refractivity contribution in [3.05, 3.63) is 126 Å². The van der Waals surface area contributed by atoms with Gasteiger partial charge in [-0.2, -0.15) is 0 Å². The Kier molecular flexibility index (Phi) is 4.60. The van der Waals surface area contributed by atoms with Crippen LogP contribution >= 0.6 is 0 Å². The van der Waals surface area contributed by atoms with Crippen LogP contribution in [0.5, 0.6) is 0 Å². The first-order chi connectivity index (χ1) is 18.1. The molecule has 5 heteroatoms. The zero-order chi connectivity index (χ0) is 25.1. The number of Topliss-reactive ketones (excluding diaryl/α,β-unsaturated/α-hetero) is 2. The van der Waals surface area contributed by atoms with Crippen LogP contribution in [0.4, 0.5) is 0 Å². The Morgan fingerprint density at radius 2 is 1.27 bits per heavy atom. The monoisotopic (exact) mass is 479 g/mol. The normalized spacial score (nSPS) is 13.1. The minimum atomic E-state index is -0.262. The van der Waals surface area contributed by atoms with Gasteiger partial charge in [0.05, 0.1) is 16.8 Å². The van der Waals surface area contributed by atoms with E-state index in [0.717, 1.165) is 38.9 Å². The van der Waals surface area contributed by atoms with E-state index in [1.54, 1.807) is 6.08 Å². The zero-order valence-electron chi connectivity index (χ0n) is 20.1. The lowest BCUT2D eigenvalue weighted by Crippen LogP contribution is -2.03. The molecule has 0 amide bonds. The largest absolute Gasteiger partial charge is 0.327 e. The molecule has 0 spiro atoms. The lowest BCUT2D eigenvalue weighted by molar-refractivity contribution is 0.0990. The molecule has 37 heavy (non-hydrogen) atoms. The highest BCUT2D eigenvalue weighted by molar-refractivity contribution is 6.42. The number of allylic oxidation sites excluding steroid dienone is 1. The Morgan fingerprint density at radius 1 is 0.703 bits per heavy atom. The Bertz CT molecular complexity index is 1850. The summed E-state index contributed by atoms with van der Waals surface area (Å²) in [7, 11) is 1.98. The predicted octanol–water partition coefficient (Wildman–Crippen LogP) is 6.65. The highest BCUT2D eigenvalue weighted by Crippen LogP contribution is 2.34. The van der Waals surface area contributed by atoms with E-state index in [0.29, 0.717) is 17.0 Å². The molecule has 0 bridgehead atoms. The van der Waals surface area contributed by atoms with Crippen molar-refractivity contribution in [3.8, 4) is 16.9 Å². The van der Waals surface area contributed by atoms with Gasteiger partial charge in [-0.3, -0.25) is 14.2 Å². The molecule has 1 aliphatic rings. The number of carbonyl (C=O) groups excluding carboxylic acids is 2. The summed E-state index contributed by atoms with van der Waals surface area (Å²) in [4.78, 5) is 31.8. The van der Waals surface area contributed by atoms with Crippen molar-refractivity contribution < 1.29 is 9.59 Å². The molecule has 0 atom stereocenters. The van der Waals surface area contributed by atoms with Gasteiger partial charge in [-0.1, -0.05) is 72.8 Å². The second-order valence-electron chi connectivity index (χ2n) is 9.27. The first-order valence-corrected chi connectivity index (χ1v) is 12.1. The average molecular weight is 480 g/mol. The lowest BCUT2D eigenvalue weighted by Gasteiger charge is -2.07. The van der Waals surface area contributed by atoms with E-state index in [2.05, 4.69) is 18.2 Å². The molecule has 0 N–H and O–H groups in total. The number of para-hydroxylation sites is 1. The van der Waals surface area contributed by atoms with Crippen LogP contribution in [0.1, 0.15) is 26.5 Å². The van der Waals surface area contributed by atoms with Crippen LogP contribution in [0.15, 0.2) is 109 Å². The van der Waals surface area contributed by atoms with Crippen molar-refractivity contribution in [2.75, 3.05) is 0 Å². The quantitative estimate of drug-likeness (QED) is 0.211. The van der Waals surface area contributed by atoms with Crippen LogP contribution < -0.4 is 0 Å². The summed E-state index contributed by atoms with van der Waals surface area (Å²) >= 11 is 0. The highest BCUT2D eigenvalue weighted by Gasteiger charge is 2.34. The molecule has 0 radical (unpaired) electrons. The minimum absolute atomic E-state index is 0.140. The summed E-state index contributed by atoms with van der Waals surface area (Å²) < 4.78 is 4.06. The third kappa shape index (κ3) is 3.21. The molecule has 0 saturated heterocycles. The number of hydrogen-bond donors (Lipinski definition) is 0. The molecule has 0 aliphatic heterocycles. The van der Waals surface area contributed by atoms with Crippen LogP contribution in [0.25, 0.3) is 45.0 Å². The number of rotatable bonds is 3. The second kappa shape index (κ2) is 8.00. The Balaban J connectivity index is 1.43. The maximum atomic E-state index is 13.4.